The molecule has 3 N–H and O–H groups in total. The van der Waals surface area contributed by atoms with Gasteiger partial charge >= 0.3 is 13.2 Å². The van der Waals surface area contributed by atoms with Crippen LogP contribution < -0.4 is 5.46 Å². The van der Waals surface area contributed by atoms with Gasteiger partial charge in [0.2, 0.25) is 0 Å². The number of likely N-dealkylation sites (tertiary alicyclic amines) is 1. The highest BCUT2D eigenvalue weighted by atomic mass is 35.5. The van der Waals surface area contributed by atoms with E-state index in [0.717, 1.165) is 66.2 Å². The van der Waals surface area contributed by atoms with Crippen molar-refractivity contribution >= 4 is 53.7 Å². The zero-order valence-corrected chi connectivity index (χ0v) is 23.6. The molecule has 3 aromatic carbocycles. The van der Waals surface area contributed by atoms with Crippen LogP contribution in [-0.2, 0) is 11.2 Å². The fourth-order valence-corrected chi connectivity index (χ4v) is 5.96. The molecule has 1 saturated heterocycles. The van der Waals surface area contributed by atoms with E-state index in [4.69, 9.17) is 28.3 Å². The van der Waals surface area contributed by atoms with Gasteiger partial charge in [0.25, 0.3) is 0 Å². The topological polar surface area (TPSA) is 98.1 Å². The van der Waals surface area contributed by atoms with Gasteiger partial charge in [-0.05, 0) is 102 Å². The molecule has 1 fully saturated rings. The number of allylic oxidation sites excluding steroid dienone is 2. The van der Waals surface area contributed by atoms with Gasteiger partial charge in [-0.2, -0.15) is 0 Å². The van der Waals surface area contributed by atoms with E-state index in [1.807, 2.05) is 54.6 Å². The molecule has 208 valence electrons. The second kappa shape index (κ2) is 13.5. The summed E-state index contributed by atoms with van der Waals surface area (Å²) in [5, 5.41) is 28.9. The van der Waals surface area contributed by atoms with Crippen molar-refractivity contribution in [2.45, 2.75) is 38.5 Å². The third-order valence-corrected chi connectivity index (χ3v) is 8.40. The maximum absolute atomic E-state index is 11.6. The van der Waals surface area contributed by atoms with Crippen molar-refractivity contribution in [3.63, 3.8) is 0 Å². The van der Waals surface area contributed by atoms with E-state index in [1.165, 1.54) is 4.90 Å². The minimum atomic E-state index is -1.47. The molecule has 1 spiro atoms. The van der Waals surface area contributed by atoms with E-state index < -0.39 is 13.2 Å². The second-order valence-corrected chi connectivity index (χ2v) is 11.3. The number of hydrogen-bond donors (Lipinski definition) is 3. The van der Waals surface area contributed by atoms with Crippen molar-refractivity contribution in [1.29, 1.82) is 0 Å². The van der Waals surface area contributed by atoms with Crippen molar-refractivity contribution in [3.8, 4) is 0 Å². The van der Waals surface area contributed by atoms with E-state index >= 15 is 0 Å². The minimum absolute atomic E-state index is 0.0815. The average Bonchev–Trinajstić information content (AvgIpc) is 2.95. The first kappa shape index (κ1) is 29.9. The van der Waals surface area contributed by atoms with Gasteiger partial charge in [-0.15, -0.1) is 0 Å². The standard InChI is InChI=1S/C18H20ClNO3.C13H12BClO2/c19-15-3-1-13(2-4-15)16-5-6-18(11-14(16)12-21)7-9-20(10-8-18)17(22)23;15-12-6-7-13(14(16)17)11(9-12)8-10-4-2-1-3-5-10/h1-4,12H,5-11H2,(H,22,23);1-7,9,16-17H,8H2. The fraction of sp³-hybridized carbons (Fsp3) is 0.290. The molecular formula is C31H32BCl2NO5. The number of carbonyl (C=O) groups is 2. The number of benzene rings is 3. The van der Waals surface area contributed by atoms with Crippen molar-refractivity contribution in [1.82, 2.24) is 4.90 Å². The lowest BCUT2D eigenvalue weighted by atomic mass is 9.66. The molecule has 1 aliphatic carbocycles. The van der Waals surface area contributed by atoms with Crippen molar-refractivity contribution in [3.05, 3.63) is 105 Å². The summed E-state index contributed by atoms with van der Waals surface area (Å²) < 4.78 is 0. The highest BCUT2D eigenvalue weighted by Crippen LogP contribution is 2.48. The van der Waals surface area contributed by atoms with Gasteiger partial charge in [0, 0.05) is 23.1 Å². The van der Waals surface area contributed by atoms with Crippen LogP contribution in [0.3, 0.4) is 0 Å². The Hall–Kier alpha value is -3.10. The lowest BCUT2D eigenvalue weighted by molar-refractivity contribution is -0.105. The van der Waals surface area contributed by atoms with Crippen molar-refractivity contribution in [2.75, 3.05) is 13.1 Å². The summed E-state index contributed by atoms with van der Waals surface area (Å²) >= 11 is 11.9. The highest BCUT2D eigenvalue weighted by molar-refractivity contribution is 6.59. The van der Waals surface area contributed by atoms with Crippen LogP contribution in [0.2, 0.25) is 10.0 Å². The van der Waals surface area contributed by atoms with Crippen LogP contribution >= 0.6 is 23.2 Å². The third kappa shape index (κ3) is 7.55. The number of carboxylic acid groups (broad SMARTS) is 1. The van der Waals surface area contributed by atoms with Gasteiger partial charge in [-0.3, -0.25) is 4.79 Å². The Bertz CT molecular complexity index is 1350. The number of hydrogen-bond acceptors (Lipinski definition) is 4. The number of halogens is 2. The highest BCUT2D eigenvalue weighted by Gasteiger charge is 2.39. The predicted molar refractivity (Wildman–Crippen MR) is 160 cm³/mol. The second-order valence-electron chi connectivity index (χ2n) is 10.5. The van der Waals surface area contributed by atoms with E-state index in [9.17, 15) is 19.6 Å². The molecule has 0 radical (unpaired) electrons. The fourth-order valence-electron chi connectivity index (χ4n) is 5.64. The molecule has 0 bridgehead atoms. The summed E-state index contributed by atoms with van der Waals surface area (Å²) in [6.45, 7) is 1.13. The van der Waals surface area contributed by atoms with Crippen LogP contribution in [0.25, 0.3) is 5.57 Å². The van der Waals surface area contributed by atoms with E-state index in [0.29, 0.717) is 35.0 Å². The maximum Gasteiger partial charge on any atom is 0.488 e. The summed E-state index contributed by atoms with van der Waals surface area (Å²) in [7, 11) is -1.47. The largest absolute Gasteiger partial charge is 0.488 e. The first-order valence-corrected chi connectivity index (χ1v) is 14.0. The first-order valence-electron chi connectivity index (χ1n) is 13.3. The lowest BCUT2D eigenvalue weighted by Gasteiger charge is -2.44. The Morgan fingerprint density at radius 3 is 2.17 bits per heavy atom. The molecule has 40 heavy (non-hydrogen) atoms. The molecule has 0 atom stereocenters. The monoisotopic (exact) mass is 579 g/mol. The Morgan fingerprint density at radius 2 is 1.57 bits per heavy atom. The Balaban J connectivity index is 0.000000194. The summed E-state index contributed by atoms with van der Waals surface area (Å²) in [5.41, 5.74) is 5.56. The summed E-state index contributed by atoms with van der Waals surface area (Å²) in [6, 6.07) is 22.5. The number of aldehydes is 1. The van der Waals surface area contributed by atoms with Crippen LogP contribution in [0.15, 0.2) is 78.4 Å². The van der Waals surface area contributed by atoms with E-state index in [-0.39, 0.29) is 5.41 Å². The molecular weight excluding hydrogens is 548 g/mol. The number of rotatable bonds is 5. The number of piperidine rings is 1. The normalized spacial score (nSPS) is 16.2. The number of nitrogens with zero attached hydrogens (tertiary/aromatic N) is 1. The van der Waals surface area contributed by atoms with Crippen LogP contribution in [0.1, 0.15) is 48.8 Å². The molecule has 1 aliphatic heterocycles. The van der Waals surface area contributed by atoms with Gasteiger partial charge in [-0.25, -0.2) is 4.79 Å². The molecule has 6 nitrogen and oxygen atoms in total. The molecule has 5 rings (SSSR count). The van der Waals surface area contributed by atoms with Crippen LogP contribution in [0.5, 0.6) is 0 Å². The zero-order valence-electron chi connectivity index (χ0n) is 22.1. The number of carbonyl (C=O) groups excluding carboxylic acids is 1. The SMILES string of the molecule is O=CC1=C(c2ccc(Cl)cc2)CCC2(CCN(C(=O)O)CC2)C1.OB(O)c1ccc(Cl)cc1Cc1ccccc1. The number of amides is 1. The van der Waals surface area contributed by atoms with Crippen molar-refractivity contribution < 1.29 is 24.7 Å². The third-order valence-electron chi connectivity index (χ3n) is 7.91. The lowest BCUT2D eigenvalue weighted by Crippen LogP contribution is -2.43. The molecule has 1 heterocycles. The Morgan fingerprint density at radius 1 is 0.925 bits per heavy atom. The molecule has 0 aromatic heterocycles. The maximum atomic E-state index is 11.6. The van der Waals surface area contributed by atoms with E-state index in [1.54, 1.807) is 18.2 Å². The average molecular weight is 580 g/mol. The smallest absolute Gasteiger partial charge is 0.465 e. The molecule has 0 unspecified atom stereocenters. The van der Waals surface area contributed by atoms with Crippen LogP contribution in [0.4, 0.5) is 4.79 Å². The molecule has 2 aliphatic rings. The van der Waals surface area contributed by atoms with E-state index in [2.05, 4.69) is 0 Å². The molecule has 9 heteroatoms. The van der Waals surface area contributed by atoms with Gasteiger partial charge in [0.1, 0.15) is 6.29 Å². The first-order chi connectivity index (χ1) is 19.2. The Kier molecular flexibility index (Phi) is 10.1. The summed E-state index contributed by atoms with van der Waals surface area (Å²) in [4.78, 5) is 24.2. The zero-order chi connectivity index (χ0) is 28.7. The Labute approximate surface area is 245 Å². The van der Waals surface area contributed by atoms with Gasteiger partial charge in [-0.1, -0.05) is 71.7 Å². The van der Waals surface area contributed by atoms with Crippen LogP contribution in [0, 0.1) is 5.41 Å². The summed E-state index contributed by atoms with van der Waals surface area (Å²) in [6.07, 6.45) is 5.07. The quantitative estimate of drug-likeness (QED) is 0.260. The predicted octanol–water partition coefficient (Wildman–Crippen LogP) is 5.85. The van der Waals surface area contributed by atoms with Crippen LogP contribution in [-0.4, -0.2) is 52.6 Å². The van der Waals surface area contributed by atoms with Gasteiger partial charge in [0.15, 0.2) is 0 Å². The molecule has 3 aromatic rings. The molecule has 0 saturated carbocycles. The molecule has 1 amide bonds. The van der Waals surface area contributed by atoms with Crippen molar-refractivity contribution in [2.24, 2.45) is 5.41 Å². The minimum Gasteiger partial charge on any atom is -0.465 e. The van der Waals surface area contributed by atoms with Gasteiger partial charge in [0.05, 0.1) is 0 Å². The summed E-state index contributed by atoms with van der Waals surface area (Å²) in [5.74, 6) is 0. The van der Waals surface area contributed by atoms with Gasteiger partial charge < -0.3 is 20.1 Å².